The van der Waals surface area contributed by atoms with Crippen molar-refractivity contribution in [2.45, 2.75) is 45.1 Å². The molecular weight excluding hydrogens is 234 g/mol. The number of hydrogen-bond donors (Lipinski definition) is 1. The largest absolute Gasteiger partial charge is 0.399 e. The SMILES string of the molecule is CCc1nc2cc(N)ccc2n1C1CC2CCC1C2. The van der Waals surface area contributed by atoms with Gasteiger partial charge in [-0.3, -0.25) is 0 Å². The second-order valence-electron chi connectivity index (χ2n) is 6.24. The van der Waals surface area contributed by atoms with Gasteiger partial charge in [0.1, 0.15) is 5.82 Å². The first-order valence-electron chi connectivity index (χ1n) is 7.52. The van der Waals surface area contributed by atoms with E-state index >= 15 is 0 Å². The van der Waals surface area contributed by atoms with Crippen LogP contribution in [0, 0.1) is 11.8 Å². The van der Waals surface area contributed by atoms with Crippen LogP contribution in [-0.2, 0) is 6.42 Å². The fourth-order valence-corrected chi connectivity index (χ4v) is 4.31. The molecule has 0 radical (unpaired) electrons. The van der Waals surface area contributed by atoms with Gasteiger partial charge in [0, 0.05) is 18.2 Å². The van der Waals surface area contributed by atoms with E-state index in [4.69, 9.17) is 10.7 Å². The van der Waals surface area contributed by atoms with Crippen LogP contribution in [0.25, 0.3) is 11.0 Å². The Labute approximate surface area is 113 Å². The van der Waals surface area contributed by atoms with Gasteiger partial charge < -0.3 is 10.3 Å². The number of fused-ring (bicyclic) bond motifs is 3. The molecule has 1 aromatic carbocycles. The maximum absolute atomic E-state index is 5.89. The summed E-state index contributed by atoms with van der Waals surface area (Å²) in [5.74, 6) is 3.08. The van der Waals surface area contributed by atoms with Gasteiger partial charge in [-0.05, 0) is 49.3 Å². The Balaban J connectivity index is 1.88. The van der Waals surface area contributed by atoms with E-state index in [1.165, 1.54) is 37.0 Å². The monoisotopic (exact) mass is 255 g/mol. The zero-order valence-electron chi connectivity index (χ0n) is 11.5. The molecule has 2 saturated carbocycles. The molecule has 2 aromatic rings. The molecule has 0 aliphatic heterocycles. The highest BCUT2D eigenvalue weighted by Gasteiger charge is 2.41. The molecule has 3 nitrogen and oxygen atoms in total. The Morgan fingerprint density at radius 3 is 2.89 bits per heavy atom. The molecule has 0 spiro atoms. The van der Waals surface area contributed by atoms with Crippen molar-refractivity contribution in [1.29, 1.82) is 0 Å². The Hall–Kier alpha value is -1.51. The van der Waals surface area contributed by atoms with E-state index in [1.807, 2.05) is 12.1 Å². The maximum atomic E-state index is 5.89. The number of hydrogen-bond acceptors (Lipinski definition) is 2. The van der Waals surface area contributed by atoms with Crippen molar-refractivity contribution < 1.29 is 0 Å². The minimum Gasteiger partial charge on any atom is -0.399 e. The first-order chi connectivity index (χ1) is 9.26. The van der Waals surface area contributed by atoms with Crippen LogP contribution in [0.15, 0.2) is 18.2 Å². The summed E-state index contributed by atoms with van der Waals surface area (Å²) < 4.78 is 2.53. The first kappa shape index (κ1) is 11.3. The summed E-state index contributed by atoms with van der Waals surface area (Å²) in [7, 11) is 0. The lowest BCUT2D eigenvalue weighted by Crippen LogP contribution is -2.18. The molecule has 2 N–H and O–H groups in total. The highest BCUT2D eigenvalue weighted by Crippen LogP contribution is 2.51. The molecule has 2 bridgehead atoms. The molecule has 1 heterocycles. The molecule has 2 aliphatic carbocycles. The Bertz CT molecular complexity index is 628. The van der Waals surface area contributed by atoms with Crippen molar-refractivity contribution in [3.63, 3.8) is 0 Å². The number of aryl methyl sites for hydroxylation is 1. The summed E-state index contributed by atoms with van der Waals surface area (Å²) in [5, 5.41) is 0. The van der Waals surface area contributed by atoms with Gasteiger partial charge in [0.15, 0.2) is 0 Å². The molecule has 3 atom stereocenters. The third-order valence-corrected chi connectivity index (χ3v) is 5.14. The Morgan fingerprint density at radius 2 is 2.21 bits per heavy atom. The second-order valence-corrected chi connectivity index (χ2v) is 6.24. The van der Waals surface area contributed by atoms with E-state index in [-0.39, 0.29) is 0 Å². The van der Waals surface area contributed by atoms with Crippen LogP contribution in [0.5, 0.6) is 0 Å². The summed E-state index contributed by atoms with van der Waals surface area (Å²) >= 11 is 0. The number of nitrogen functional groups attached to an aromatic ring is 1. The molecule has 19 heavy (non-hydrogen) atoms. The van der Waals surface area contributed by atoms with E-state index in [0.29, 0.717) is 6.04 Å². The molecule has 1 aromatic heterocycles. The lowest BCUT2D eigenvalue weighted by Gasteiger charge is -2.25. The Morgan fingerprint density at radius 1 is 1.32 bits per heavy atom. The third-order valence-electron chi connectivity index (χ3n) is 5.14. The van der Waals surface area contributed by atoms with Crippen molar-refractivity contribution in [3.8, 4) is 0 Å². The summed E-state index contributed by atoms with van der Waals surface area (Å²) in [6.07, 6.45) is 6.65. The molecule has 100 valence electrons. The van der Waals surface area contributed by atoms with Gasteiger partial charge >= 0.3 is 0 Å². The topological polar surface area (TPSA) is 43.8 Å². The molecular formula is C16H21N3. The molecule has 2 aliphatic rings. The smallest absolute Gasteiger partial charge is 0.109 e. The zero-order chi connectivity index (χ0) is 13.0. The molecule has 2 fully saturated rings. The summed E-state index contributed by atoms with van der Waals surface area (Å²) in [6.45, 7) is 2.20. The van der Waals surface area contributed by atoms with E-state index in [1.54, 1.807) is 0 Å². The van der Waals surface area contributed by atoms with Gasteiger partial charge in [-0.1, -0.05) is 13.3 Å². The van der Waals surface area contributed by atoms with Crippen LogP contribution in [0.4, 0.5) is 5.69 Å². The molecule has 3 unspecified atom stereocenters. The van der Waals surface area contributed by atoms with Gasteiger partial charge in [0.2, 0.25) is 0 Å². The van der Waals surface area contributed by atoms with Crippen LogP contribution < -0.4 is 5.73 Å². The predicted octanol–water partition coefficient (Wildman–Crippen LogP) is 3.54. The van der Waals surface area contributed by atoms with E-state index in [0.717, 1.165) is 29.5 Å². The number of nitrogens with two attached hydrogens (primary N) is 1. The number of nitrogens with zero attached hydrogens (tertiary/aromatic N) is 2. The summed E-state index contributed by atoms with van der Waals surface area (Å²) in [6, 6.07) is 6.86. The number of anilines is 1. The van der Waals surface area contributed by atoms with Crippen LogP contribution in [0.1, 0.15) is 44.5 Å². The minimum absolute atomic E-state index is 0.683. The molecule has 0 saturated heterocycles. The highest BCUT2D eigenvalue weighted by atomic mass is 15.1. The van der Waals surface area contributed by atoms with Crippen molar-refractivity contribution >= 4 is 16.7 Å². The van der Waals surface area contributed by atoms with Crippen molar-refractivity contribution in [1.82, 2.24) is 9.55 Å². The number of imidazole rings is 1. The quantitative estimate of drug-likeness (QED) is 0.834. The second kappa shape index (κ2) is 3.99. The summed E-state index contributed by atoms with van der Waals surface area (Å²) in [5.41, 5.74) is 9.05. The number of aromatic nitrogens is 2. The lowest BCUT2D eigenvalue weighted by atomic mass is 9.95. The minimum atomic E-state index is 0.683. The van der Waals surface area contributed by atoms with Crippen LogP contribution in [0.2, 0.25) is 0 Å². The van der Waals surface area contributed by atoms with Crippen molar-refractivity contribution in [3.05, 3.63) is 24.0 Å². The van der Waals surface area contributed by atoms with E-state index in [9.17, 15) is 0 Å². The maximum Gasteiger partial charge on any atom is 0.109 e. The molecule has 0 amide bonds. The average Bonchev–Trinajstić information content (AvgIpc) is 3.09. The van der Waals surface area contributed by atoms with Gasteiger partial charge in [-0.2, -0.15) is 0 Å². The van der Waals surface area contributed by atoms with Gasteiger partial charge in [-0.25, -0.2) is 4.98 Å². The first-order valence-corrected chi connectivity index (χ1v) is 7.52. The zero-order valence-corrected chi connectivity index (χ0v) is 11.5. The van der Waals surface area contributed by atoms with Gasteiger partial charge in [-0.15, -0.1) is 0 Å². The van der Waals surface area contributed by atoms with E-state index < -0.39 is 0 Å². The predicted molar refractivity (Wildman–Crippen MR) is 78.0 cm³/mol. The number of benzene rings is 1. The van der Waals surface area contributed by atoms with Crippen molar-refractivity contribution in [2.75, 3.05) is 5.73 Å². The van der Waals surface area contributed by atoms with Crippen LogP contribution >= 0.6 is 0 Å². The van der Waals surface area contributed by atoms with Crippen LogP contribution in [0.3, 0.4) is 0 Å². The average molecular weight is 255 g/mol. The lowest BCUT2D eigenvalue weighted by molar-refractivity contribution is 0.329. The van der Waals surface area contributed by atoms with Crippen molar-refractivity contribution in [2.24, 2.45) is 11.8 Å². The standard InChI is InChI=1S/C16H21N3/c1-2-16-18-13-9-12(17)5-6-14(13)19(16)15-8-10-3-4-11(15)7-10/h5-6,9-11,15H,2-4,7-8,17H2,1H3. The van der Waals surface area contributed by atoms with Gasteiger partial charge in [0.25, 0.3) is 0 Å². The van der Waals surface area contributed by atoms with E-state index in [2.05, 4.69) is 17.6 Å². The molecule has 3 heteroatoms. The number of rotatable bonds is 2. The fraction of sp³-hybridized carbons (Fsp3) is 0.562. The third kappa shape index (κ3) is 1.60. The van der Waals surface area contributed by atoms with Crippen LogP contribution in [-0.4, -0.2) is 9.55 Å². The highest BCUT2D eigenvalue weighted by molar-refractivity contribution is 5.79. The summed E-state index contributed by atoms with van der Waals surface area (Å²) in [4.78, 5) is 4.80. The normalized spacial score (nSPS) is 29.4. The fourth-order valence-electron chi connectivity index (χ4n) is 4.31. The Kier molecular flexibility index (Phi) is 2.38. The molecule has 4 rings (SSSR count). The van der Waals surface area contributed by atoms with Gasteiger partial charge in [0.05, 0.1) is 11.0 Å².